The smallest absolute Gasteiger partial charge is 0.431 e. The Hall–Kier alpha value is -1.99. The van der Waals surface area contributed by atoms with Crippen LogP contribution in [0.2, 0.25) is 0 Å². The molecule has 0 heterocycles. The molecule has 2 atom stereocenters. The summed E-state index contributed by atoms with van der Waals surface area (Å²) in [6, 6.07) is 0. The molecule has 0 amide bonds. The normalized spacial score (nSPS) is 16.4. The van der Waals surface area contributed by atoms with Crippen LogP contribution in [0, 0.1) is 0 Å². The van der Waals surface area contributed by atoms with Crippen LogP contribution in [0.1, 0.15) is 6.92 Å². The highest BCUT2D eigenvalue weighted by molar-refractivity contribution is 5.88. The molecule has 0 bridgehead atoms. The third-order valence-electron chi connectivity index (χ3n) is 2.76. The average Bonchev–Trinajstić information content (AvgIpc) is 2.46. The molecular weight excluding hydrogens is 395 g/mol. The minimum Gasteiger partial charge on any atom is -0.450 e. The summed E-state index contributed by atoms with van der Waals surface area (Å²) in [5.41, 5.74) is -6.14. The number of hydrogen-bond acceptors (Lipinski definition) is 5. The van der Waals surface area contributed by atoms with Crippen molar-refractivity contribution in [2.45, 2.75) is 36.9 Å². The van der Waals surface area contributed by atoms with E-state index < -0.39 is 55.2 Å². The van der Waals surface area contributed by atoms with Crippen molar-refractivity contribution in [3.63, 3.8) is 0 Å². The van der Waals surface area contributed by atoms with E-state index in [1.807, 2.05) is 0 Å². The van der Waals surface area contributed by atoms with Gasteiger partial charge >= 0.3 is 30.2 Å². The van der Waals surface area contributed by atoms with Crippen molar-refractivity contribution in [2.75, 3.05) is 13.3 Å². The van der Waals surface area contributed by atoms with E-state index in [9.17, 15) is 49.1 Å². The maximum Gasteiger partial charge on any atom is 0.431 e. The second-order valence-corrected chi connectivity index (χ2v) is 4.88. The van der Waals surface area contributed by atoms with Gasteiger partial charge in [0.2, 0.25) is 0 Å². The van der Waals surface area contributed by atoms with Crippen molar-refractivity contribution in [3.05, 3.63) is 12.2 Å². The van der Waals surface area contributed by atoms with Crippen molar-refractivity contribution < 1.29 is 63.7 Å². The van der Waals surface area contributed by atoms with E-state index in [1.54, 1.807) is 0 Å². The van der Waals surface area contributed by atoms with Crippen molar-refractivity contribution in [3.8, 4) is 0 Å². The Balaban J connectivity index is 5.67. The molecule has 14 heteroatoms. The Morgan fingerprint density at radius 1 is 1.08 bits per heavy atom. The molecule has 152 valence electrons. The van der Waals surface area contributed by atoms with E-state index in [0.717, 1.165) is 6.92 Å². The number of aliphatic hydroxyl groups is 1. The van der Waals surface area contributed by atoms with Crippen LogP contribution in [0.15, 0.2) is 12.2 Å². The molecule has 5 nitrogen and oxygen atoms in total. The zero-order chi connectivity index (χ0) is 21.1. The van der Waals surface area contributed by atoms with E-state index in [2.05, 4.69) is 16.1 Å². The first-order chi connectivity index (χ1) is 11.4. The Labute approximate surface area is 139 Å². The van der Waals surface area contributed by atoms with Crippen LogP contribution in [0.5, 0.6) is 0 Å². The summed E-state index contributed by atoms with van der Waals surface area (Å²) in [7, 11) is 0. The number of ether oxygens (including phenoxy) is 2. The number of halogens is 9. The van der Waals surface area contributed by atoms with Crippen LogP contribution in [0.25, 0.3) is 0 Å². The molecule has 0 fully saturated rings. The molecule has 0 aromatic carbocycles. The largest absolute Gasteiger partial charge is 0.450 e. The third kappa shape index (κ3) is 5.02. The lowest BCUT2D eigenvalue weighted by molar-refractivity contribution is -0.380. The van der Waals surface area contributed by atoms with Gasteiger partial charge in [0, 0.05) is 5.57 Å². The van der Waals surface area contributed by atoms with Crippen molar-refractivity contribution in [1.29, 1.82) is 0 Å². The van der Waals surface area contributed by atoms with E-state index in [-0.39, 0.29) is 5.57 Å². The molecule has 0 aromatic heterocycles. The maximum absolute atomic E-state index is 13.7. The average molecular weight is 406 g/mol. The van der Waals surface area contributed by atoms with E-state index >= 15 is 0 Å². The first-order valence-electron chi connectivity index (χ1n) is 6.23. The number of carbonyl (C=O) groups is 2. The third-order valence-corrected chi connectivity index (χ3v) is 2.76. The standard InChI is InChI=1S/C12H11F9O5/c1-5(2)7(23)25-3-6(22)26-8(11(16,17)18)10(14,15)9(24,4-13)12(19,20)21/h8,24H,1,3-4H2,2H3. The van der Waals surface area contributed by atoms with Gasteiger partial charge in [0.25, 0.3) is 11.7 Å². The predicted octanol–water partition coefficient (Wildman–Crippen LogP) is 2.48. The lowest BCUT2D eigenvalue weighted by Crippen LogP contribution is -2.68. The quantitative estimate of drug-likeness (QED) is 0.400. The summed E-state index contributed by atoms with van der Waals surface area (Å²) in [4.78, 5) is 22.0. The highest BCUT2D eigenvalue weighted by Gasteiger charge is 2.77. The first kappa shape index (κ1) is 24.0. The van der Waals surface area contributed by atoms with Crippen molar-refractivity contribution in [1.82, 2.24) is 0 Å². The van der Waals surface area contributed by atoms with Crippen LogP contribution in [-0.4, -0.2) is 60.3 Å². The molecule has 0 aromatic rings. The molecule has 0 aliphatic rings. The maximum atomic E-state index is 13.7. The lowest BCUT2D eigenvalue weighted by Gasteiger charge is -2.39. The Morgan fingerprint density at radius 3 is 1.85 bits per heavy atom. The molecule has 0 spiro atoms. The fourth-order valence-electron chi connectivity index (χ4n) is 1.33. The number of rotatable bonds is 7. The van der Waals surface area contributed by atoms with Crippen molar-refractivity contribution >= 4 is 11.9 Å². The SMILES string of the molecule is C=C(C)C(=O)OCC(=O)OC(C(F)(F)F)C(F)(F)C(O)(CF)C(F)(F)F. The van der Waals surface area contributed by atoms with Gasteiger partial charge < -0.3 is 14.6 Å². The fraction of sp³-hybridized carbons (Fsp3) is 0.667. The van der Waals surface area contributed by atoms with Crippen LogP contribution in [-0.2, 0) is 19.1 Å². The summed E-state index contributed by atoms with van der Waals surface area (Å²) >= 11 is 0. The minimum atomic E-state index is -6.55. The summed E-state index contributed by atoms with van der Waals surface area (Å²) in [5, 5.41) is 8.78. The number of alkyl halides is 9. The fourth-order valence-corrected chi connectivity index (χ4v) is 1.33. The Kier molecular flexibility index (Phi) is 7.12. The number of hydrogen-bond donors (Lipinski definition) is 1. The van der Waals surface area contributed by atoms with Gasteiger partial charge in [0.05, 0.1) is 0 Å². The van der Waals surface area contributed by atoms with Gasteiger partial charge in [-0.15, -0.1) is 0 Å². The summed E-state index contributed by atoms with van der Waals surface area (Å²) in [6.45, 7) is -0.986. The monoisotopic (exact) mass is 406 g/mol. The van der Waals surface area contributed by atoms with Gasteiger partial charge in [-0.1, -0.05) is 6.58 Å². The molecular formula is C12H11F9O5. The lowest BCUT2D eigenvalue weighted by atomic mass is 9.91. The molecule has 0 aliphatic carbocycles. The van der Waals surface area contributed by atoms with Crippen molar-refractivity contribution in [2.24, 2.45) is 0 Å². The van der Waals surface area contributed by atoms with Gasteiger partial charge in [0.1, 0.15) is 6.67 Å². The van der Waals surface area contributed by atoms with E-state index in [4.69, 9.17) is 5.11 Å². The summed E-state index contributed by atoms with van der Waals surface area (Å²) in [5.74, 6) is -10.0. The van der Waals surface area contributed by atoms with Gasteiger partial charge in [-0.2, -0.15) is 35.1 Å². The van der Waals surface area contributed by atoms with Crippen LogP contribution >= 0.6 is 0 Å². The summed E-state index contributed by atoms with van der Waals surface area (Å²) < 4.78 is 122. The molecule has 0 saturated carbocycles. The number of esters is 2. The van der Waals surface area contributed by atoms with Gasteiger partial charge in [-0.05, 0) is 6.92 Å². The second kappa shape index (κ2) is 7.72. The summed E-state index contributed by atoms with van der Waals surface area (Å²) in [6.07, 6.45) is -17.8. The molecule has 0 saturated heterocycles. The van der Waals surface area contributed by atoms with E-state index in [0.29, 0.717) is 0 Å². The van der Waals surface area contributed by atoms with E-state index in [1.165, 1.54) is 0 Å². The predicted molar refractivity (Wildman–Crippen MR) is 63.6 cm³/mol. The Morgan fingerprint density at radius 2 is 1.54 bits per heavy atom. The molecule has 2 unspecified atom stereocenters. The zero-order valence-electron chi connectivity index (χ0n) is 12.7. The highest BCUT2D eigenvalue weighted by Crippen LogP contribution is 2.48. The minimum absolute atomic E-state index is 0.348. The van der Waals surface area contributed by atoms with Crippen LogP contribution < -0.4 is 0 Å². The molecule has 1 N–H and O–H groups in total. The molecule has 0 radical (unpaired) electrons. The van der Waals surface area contributed by atoms with Gasteiger partial charge in [-0.25, -0.2) is 14.0 Å². The topological polar surface area (TPSA) is 72.8 Å². The molecule has 0 aliphatic heterocycles. The number of carbonyl (C=O) groups excluding carboxylic acids is 2. The van der Waals surface area contributed by atoms with Crippen LogP contribution in [0.3, 0.4) is 0 Å². The second-order valence-electron chi connectivity index (χ2n) is 4.88. The molecule has 0 rings (SSSR count). The zero-order valence-corrected chi connectivity index (χ0v) is 12.7. The first-order valence-corrected chi connectivity index (χ1v) is 6.23. The van der Waals surface area contributed by atoms with Crippen LogP contribution in [0.4, 0.5) is 39.5 Å². The Bertz CT molecular complexity index is 554. The molecule has 26 heavy (non-hydrogen) atoms. The van der Waals surface area contributed by atoms with Gasteiger partial charge in [0.15, 0.2) is 6.61 Å². The van der Waals surface area contributed by atoms with Gasteiger partial charge in [-0.3, -0.25) is 0 Å². The highest BCUT2D eigenvalue weighted by atomic mass is 19.4.